The van der Waals surface area contributed by atoms with E-state index in [2.05, 4.69) is 0 Å². The first-order valence-corrected chi connectivity index (χ1v) is 6.46. The number of ketones is 1. The molecule has 0 fully saturated rings. The third-order valence-corrected chi connectivity index (χ3v) is 3.45. The van der Waals surface area contributed by atoms with E-state index in [1.165, 1.54) is 18.2 Å². The fourth-order valence-corrected chi connectivity index (χ4v) is 2.30. The molecular formula is C15H11Cl2FO. The van der Waals surface area contributed by atoms with Gasteiger partial charge < -0.3 is 0 Å². The van der Waals surface area contributed by atoms with Crippen molar-refractivity contribution in [3.63, 3.8) is 0 Å². The quantitative estimate of drug-likeness (QED) is 0.739. The van der Waals surface area contributed by atoms with Crippen molar-refractivity contribution in [2.75, 3.05) is 0 Å². The minimum absolute atomic E-state index is 0.0685. The summed E-state index contributed by atoms with van der Waals surface area (Å²) in [6.45, 7) is 1.81. The highest BCUT2D eigenvalue weighted by atomic mass is 35.5. The standard InChI is InChI=1S/C15H11Cl2FO/c1-9-6-11(16)2-4-13(9)15(19)8-10-7-12(18)3-5-14(10)17/h2-7H,8H2,1H3. The minimum atomic E-state index is -0.403. The van der Waals surface area contributed by atoms with Crippen LogP contribution in [-0.2, 0) is 6.42 Å². The summed E-state index contributed by atoms with van der Waals surface area (Å²) in [6, 6.07) is 9.06. The monoisotopic (exact) mass is 296 g/mol. The molecule has 2 aromatic rings. The summed E-state index contributed by atoms with van der Waals surface area (Å²) in [5, 5.41) is 0.971. The van der Waals surface area contributed by atoms with Gasteiger partial charge in [0, 0.05) is 22.0 Å². The van der Waals surface area contributed by atoms with E-state index in [9.17, 15) is 9.18 Å². The summed E-state index contributed by atoms with van der Waals surface area (Å²) in [5.74, 6) is -0.512. The fraction of sp³-hybridized carbons (Fsp3) is 0.133. The summed E-state index contributed by atoms with van der Waals surface area (Å²) < 4.78 is 13.1. The van der Waals surface area contributed by atoms with Crippen LogP contribution in [0.25, 0.3) is 0 Å². The van der Waals surface area contributed by atoms with Crippen LogP contribution >= 0.6 is 23.2 Å². The molecule has 0 aliphatic heterocycles. The molecule has 0 saturated carbocycles. The molecule has 4 heteroatoms. The van der Waals surface area contributed by atoms with E-state index in [0.717, 1.165) is 5.56 Å². The number of hydrogen-bond donors (Lipinski definition) is 0. The predicted molar refractivity (Wildman–Crippen MR) is 75.6 cm³/mol. The zero-order valence-corrected chi connectivity index (χ0v) is 11.7. The van der Waals surface area contributed by atoms with E-state index < -0.39 is 5.82 Å². The number of hydrogen-bond acceptors (Lipinski definition) is 1. The topological polar surface area (TPSA) is 17.1 Å². The van der Waals surface area contributed by atoms with Crippen LogP contribution in [0, 0.1) is 12.7 Å². The highest BCUT2D eigenvalue weighted by Gasteiger charge is 2.12. The van der Waals surface area contributed by atoms with Crippen LogP contribution in [0.1, 0.15) is 21.5 Å². The Hall–Kier alpha value is -1.38. The Bertz CT molecular complexity index is 638. The van der Waals surface area contributed by atoms with Gasteiger partial charge in [-0.05, 0) is 54.4 Å². The van der Waals surface area contributed by atoms with Gasteiger partial charge in [-0.15, -0.1) is 0 Å². The number of benzene rings is 2. The first-order chi connectivity index (χ1) is 8.97. The average Bonchev–Trinajstić information content (AvgIpc) is 2.33. The second kappa shape index (κ2) is 5.72. The number of aryl methyl sites for hydroxylation is 1. The molecule has 98 valence electrons. The third kappa shape index (κ3) is 3.34. The molecule has 0 aliphatic carbocycles. The van der Waals surface area contributed by atoms with Gasteiger partial charge in [-0.3, -0.25) is 4.79 Å². The van der Waals surface area contributed by atoms with Gasteiger partial charge in [-0.2, -0.15) is 0 Å². The van der Waals surface area contributed by atoms with Crippen LogP contribution in [0.2, 0.25) is 10.0 Å². The van der Waals surface area contributed by atoms with Crippen LogP contribution in [-0.4, -0.2) is 5.78 Å². The lowest BCUT2D eigenvalue weighted by Gasteiger charge is -2.07. The van der Waals surface area contributed by atoms with Crippen LogP contribution in [0.5, 0.6) is 0 Å². The Kier molecular flexibility index (Phi) is 4.23. The molecule has 0 amide bonds. The van der Waals surface area contributed by atoms with Gasteiger partial charge >= 0.3 is 0 Å². The van der Waals surface area contributed by atoms with Gasteiger partial charge in [0.05, 0.1) is 0 Å². The lowest BCUT2D eigenvalue weighted by Crippen LogP contribution is -2.06. The molecule has 0 radical (unpaired) electrons. The summed E-state index contributed by atoms with van der Waals surface area (Å²) in [7, 11) is 0. The SMILES string of the molecule is Cc1cc(Cl)ccc1C(=O)Cc1cc(F)ccc1Cl. The number of rotatable bonds is 3. The number of halogens is 3. The molecule has 19 heavy (non-hydrogen) atoms. The first kappa shape index (κ1) is 14.0. The van der Waals surface area contributed by atoms with E-state index in [1.54, 1.807) is 18.2 Å². The Morgan fingerprint density at radius 3 is 2.58 bits per heavy atom. The Balaban J connectivity index is 2.28. The second-order valence-electron chi connectivity index (χ2n) is 4.29. The summed E-state index contributed by atoms with van der Waals surface area (Å²) >= 11 is 11.8. The normalized spacial score (nSPS) is 10.5. The molecule has 2 aromatic carbocycles. The highest BCUT2D eigenvalue weighted by molar-refractivity contribution is 6.31. The second-order valence-corrected chi connectivity index (χ2v) is 5.14. The van der Waals surface area contributed by atoms with Gasteiger partial charge in [-0.1, -0.05) is 23.2 Å². The molecule has 0 heterocycles. The third-order valence-electron chi connectivity index (χ3n) is 2.85. The Morgan fingerprint density at radius 1 is 1.16 bits per heavy atom. The summed E-state index contributed by atoms with van der Waals surface area (Å²) in [4.78, 5) is 12.2. The molecule has 0 N–H and O–H groups in total. The Labute approximate surface area is 121 Å². The minimum Gasteiger partial charge on any atom is -0.294 e. The molecule has 0 bridgehead atoms. The largest absolute Gasteiger partial charge is 0.294 e. The van der Waals surface area contributed by atoms with Gasteiger partial charge in [0.15, 0.2) is 5.78 Å². The highest BCUT2D eigenvalue weighted by Crippen LogP contribution is 2.21. The van der Waals surface area contributed by atoms with E-state index in [0.29, 0.717) is 21.2 Å². The smallest absolute Gasteiger partial charge is 0.167 e. The van der Waals surface area contributed by atoms with Crippen molar-refractivity contribution in [2.24, 2.45) is 0 Å². The maximum atomic E-state index is 13.1. The summed E-state index contributed by atoms with van der Waals surface area (Å²) in [6.07, 6.45) is 0.0685. The van der Waals surface area contributed by atoms with Gasteiger partial charge in [-0.25, -0.2) is 4.39 Å². The number of carbonyl (C=O) groups excluding carboxylic acids is 1. The van der Waals surface area contributed by atoms with Crippen molar-refractivity contribution in [1.82, 2.24) is 0 Å². The molecule has 1 nitrogen and oxygen atoms in total. The van der Waals surface area contributed by atoms with Gasteiger partial charge in [0.25, 0.3) is 0 Å². The van der Waals surface area contributed by atoms with E-state index >= 15 is 0 Å². The van der Waals surface area contributed by atoms with Crippen molar-refractivity contribution in [3.05, 3.63) is 69.0 Å². The fourth-order valence-electron chi connectivity index (χ4n) is 1.89. The molecule has 0 aliphatic rings. The zero-order chi connectivity index (χ0) is 14.0. The van der Waals surface area contributed by atoms with Crippen LogP contribution < -0.4 is 0 Å². The molecule has 0 atom stereocenters. The molecule has 0 unspecified atom stereocenters. The number of carbonyl (C=O) groups is 1. The average molecular weight is 297 g/mol. The zero-order valence-electron chi connectivity index (χ0n) is 10.2. The van der Waals surface area contributed by atoms with E-state index in [1.807, 2.05) is 6.92 Å². The molecular weight excluding hydrogens is 286 g/mol. The Morgan fingerprint density at radius 2 is 1.89 bits per heavy atom. The van der Waals surface area contributed by atoms with E-state index in [-0.39, 0.29) is 12.2 Å². The van der Waals surface area contributed by atoms with Gasteiger partial charge in [0.1, 0.15) is 5.82 Å². The van der Waals surface area contributed by atoms with Crippen molar-refractivity contribution < 1.29 is 9.18 Å². The van der Waals surface area contributed by atoms with Crippen LogP contribution in [0.15, 0.2) is 36.4 Å². The maximum absolute atomic E-state index is 13.1. The van der Waals surface area contributed by atoms with Crippen molar-refractivity contribution in [3.8, 4) is 0 Å². The predicted octanol–water partition coefficient (Wildman–Crippen LogP) is 4.87. The molecule has 0 spiro atoms. The first-order valence-electron chi connectivity index (χ1n) is 5.70. The van der Waals surface area contributed by atoms with Crippen molar-refractivity contribution in [1.29, 1.82) is 0 Å². The van der Waals surface area contributed by atoms with E-state index in [4.69, 9.17) is 23.2 Å². The van der Waals surface area contributed by atoms with Crippen molar-refractivity contribution >= 4 is 29.0 Å². The molecule has 0 saturated heterocycles. The molecule has 2 rings (SSSR count). The number of Topliss-reactive ketones (excluding diaryl/α,β-unsaturated/α-hetero) is 1. The van der Waals surface area contributed by atoms with Crippen LogP contribution in [0.4, 0.5) is 4.39 Å². The maximum Gasteiger partial charge on any atom is 0.167 e. The van der Waals surface area contributed by atoms with Crippen LogP contribution in [0.3, 0.4) is 0 Å². The lowest BCUT2D eigenvalue weighted by atomic mass is 9.99. The summed E-state index contributed by atoms with van der Waals surface area (Å²) in [5.41, 5.74) is 1.86. The lowest BCUT2D eigenvalue weighted by molar-refractivity contribution is 0.0992. The van der Waals surface area contributed by atoms with Gasteiger partial charge in [0.2, 0.25) is 0 Å². The van der Waals surface area contributed by atoms with Crippen molar-refractivity contribution in [2.45, 2.75) is 13.3 Å². The molecule has 0 aromatic heterocycles.